The minimum Gasteiger partial charge on any atom is -0.317 e. The summed E-state index contributed by atoms with van der Waals surface area (Å²) in [6.07, 6.45) is 1.96. The quantitative estimate of drug-likeness (QED) is 0.836. The molecule has 1 N–H and O–H groups in total. The number of likely N-dealkylation sites (tertiary alicyclic amines) is 1. The van der Waals surface area contributed by atoms with E-state index in [0.29, 0.717) is 5.69 Å². The van der Waals surface area contributed by atoms with E-state index < -0.39 is 5.82 Å². The molecule has 3 rings (SSSR count). The third-order valence-electron chi connectivity index (χ3n) is 3.56. The van der Waals surface area contributed by atoms with E-state index in [1.165, 1.54) is 23.1 Å². The molecular formula is C15H14ClFN2OS. The zero-order valence-electron chi connectivity index (χ0n) is 11.2. The SMILES string of the molecule is O=C(Nc1ccc(F)c(Cl)c1)N1CCC[C@H]1c1cccs1. The molecule has 3 nitrogen and oxygen atoms in total. The number of nitrogens with one attached hydrogen (secondary N) is 1. The summed E-state index contributed by atoms with van der Waals surface area (Å²) in [5.41, 5.74) is 0.503. The van der Waals surface area contributed by atoms with Crippen molar-refractivity contribution in [1.82, 2.24) is 4.90 Å². The lowest BCUT2D eigenvalue weighted by molar-refractivity contribution is 0.208. The first-order chi connectivity index (χ1) is 10.1. The van der Waals surface area contributed by atoms with E-state index in [0.717, 1.165) is 19.4 Å². The Morgan fingerprint density at radius 3 is 3.00 bits per heavy atom. The van der Waals surface area contributed by atoms with Gasteiger partial charge in [0.25, 0.3) is 0 Å². The Hall–Kier alpha value is -1.59. The molecule has 1 aliphatic rings. The second-order valence-electron chi connectivity index (χ2n) is 4.93. The van der Waals surface area contributed by atoms with E-state index in [1.54, 1.807) is 11.3 Å². The molecule has 0 aliphatic carbocycles. The van der Waals surface area contributed by atoms with Gasteiger partial charge >= 0.3 is 6.03 Å². The molecule has 0 bridgehead atoms. The molecule has 2 heterocycles. The molecule has 1 aromatic heterocycles. The molecule has 1 fully saturated rings. The number of hydrogen-bond donors (Lipinski definition) is 1. The van der Waals surface area contributed by atoms with Gasteiger partial charge in [-0.25, -0.2) is 9.18 Å². The number of amides is 2. The van der Waals surface area contributed by atoms with Crippen molar-refractivity contribution in [2.45, 2.75) is 18.9 Å². The maximum atomic E-state index is 13.1. The minimum atomic E-state index is -0.493. The van der Waals surface area contributed by atoms with Gasteiger partial charge in [-0.2, -0.15) is 0 Å². The number of hydrogen-bond acceptors (Lipinski definition) is 2. The van der Waals surface area contributed by atoms with Crippen LogP contribution in [0.3, 0.4) is 0 Å². The summed E-state index contributed by atoms with van der Waals surface area (Å²) in [4.78, 5) is 15.4. The van der Waals surface area contributed by atoms with Gasteiger partial charge in [-0.15, -0.1) is 11.3 Å². The molecule has 1 aromatic carbocycles. The fourth-order valence-corrected chi connectivity index (χ4v) is 3.61. The Balaban J connectivity index is 1.73. The Labute approximate surface area is 131 Å². The highest BCUT2D eigenvalue weighted by Gasteiger charge is 2.30. The summed E-state index contributed by atoms with van der Waals surface area (Å²) in [6.45, 7) is 0.726. The van der Waals surface area contributed by atoms with E-state index in [1.807, 2.05) is 16.3 Å². The van der Waals surface area contributed by atoms with E-state index in [-0.39, 0.29) is 17.1 Å². The summed E-state index contributed by atoms with van der Waals surface area (Å²) < 4.78 is 13.1. The van der Waals surface area contributed by atoms with Crippen LogP contribution in [0.2, 0.25) is 5.02 Å². The standard InChI is InChI=1S/C15H14ClFN2OS/c16-11-9-10(5-6-12(11)17)18-15(20)19-7-1-3-13(19)14-4-2-8-21-14/h2,4-6,8-9,13H,1,3,7H2,(H,18,20)/t13-/m0/s1. The van der Waals surface area contributed by atoms with Gasteiger partial charge in [-0.1, -0.05) is 17.7 Å². The highest BCUT2D eigenvalue weighted by atomic mass is 35.5. The highest BCUT2D eigenvalue weighted by Crippen LogP contribution is 2.34. The van der Waals surface area contributed by atoms with Crippen LogP contribution in [0.1, 0.15) is 23.8 Å². The molecule has 2 aromatic rings. The molecule has 2 amide bonds. The van der Waals surface area contributed by atoms with Gasteiger partial charge in [-0.05, 0) is 42.5 Å². The lowest BCUT2D eigenvalue weighted by atomic mass is 10.2. The van der Waals surface area contributed by atoms with Crippen LogP contribution in [0.15, 0.2) is 35.7 Å². The molecule has 1 saturated heterocycles. The Kier molecular flexibility index (Phi) is 4.12. The molecule has 0 spiro atoms. The van der Waals surface area contributed by atoms with Gasteiger partial charge < -0.3 is 10.2 Å². The lowest BCUT2D eigenvalue weighted by Crippen LogP contribution is -2.34. The average Bonchev–Trinajstić information content (AvgIpc) is 3.12. The minimum absolute atomic E-state index is 0.00373. The second-order valence-corrected chi connectivity index (χ2v) is 6.31. The average molecular weight is 325 g/mol. The Bertz CT molecular complexity index is 647. The van der Waals surface area contributed by atoms with Gasteiger partial charge in [0.15, 0.2) is 0 Å². The fourth-order valence-electron chi connectivity index (χ4n) is 2.56. The van der Waals surface area contributed by atoms with Crippen molar-refractivity contribution in [2.75, 3.05) is 11.9 Å². The van der Waals surface area contributed by atoms with Gasteiger partial charge in [0.2, 0.25) is 0 Å². The van der Waals surface area contributed by atoms with Crippen LogP contribution in [0.5, 0.6) is 0 Å². The van der Waals surface area contributed by atoms with Crippen molar-refractivity contribution < 1.29 is 9.18 Å². The number of nitrogens with zero attached hydrogens (tertiary/aromatic N) is 1. The Morgan fingerprint density at radius 2 is 2.29 bits per heavy atom. The van der Waals surface area contributed by atoms with Crippen LogP contribution < -0.4 is 5.32 Å². The second kappa shape index (κ2) is 6.03. The summed E-state index contributed by atoms with van der Waals surface area (Å²) in [6, 6.07) is 8.18. The van der Waals surface area contributed by atoms with Crippen LogP contribution in [0.25, 0.3) is 0 Å². The predicted molar refractivity (Wildman–Crippen MR) is 83.4 cm³/mol. The summed E-state index contributed by atoms with van der Waals surface area (Å²) in [7, 11) is 0. The Morgan fingerprint density at radius 1 is 1.43 bits per heavy atom. The molecule has 0 saturated carbocycles. The van der Waals surface area contributed by atoms with Crippen molar-refractivity contribution in [3.8, 4) is 0 Å². The van der Waals surface area contributed by atoms with E-state index >= 15 is 0 Å². The van der Waals surface area contributed by atoms with Crippen molar-refractivity contribution >= 4 is 34.7 Å². The number of benzene rings is 1. The monoisotopic (exact) mass is 324 g/mol. The third-order valence-corrected chi connectivity index (χ3v) is 4.82. The molecule has 1 aliphatic heterocycles. The lowest BCUT2D eigenvalue weighted by Gasteiger charge is -2.24. The number of anilines is 1. The zero-order chi connectivity index (χ0) is 14.8. The van der Waals surface area contributed by atoms with Crippen molar-refractivity contribution in [3.05, 3.63) is 51.4 Å². The largest absolute Gasteiger partial charge is 0.322 e. The first kappa shape index (κ1) is 14.4. The number of urea groups is 1. The van der Waals surface area contributed by atoms with Gasteiger partial charge in [0, 0.05) is 17.1 Å². The van der Waals surface area contributed by atoms with Crippen molar-refractivity contribution in [1.29, 1.82) is 0 Å². The van der Waals surface area contributed by atoms with Crippen LogP contribution in [0.4, 0.5) is 14.9 Å². The molecule has 1 atom stereocenters. The van der Waals surface area contributed by atoms with Gasteiger partial charge in [0.05, 0.1) is 11.1 Å². The van der Waals surface area contributed by atoms with Crippen LogP contribution in [-0.2, 0) is 0 Å². The van der Waals surface area contributed by atoms with E-state index in [4.69, 9.17) is 11.6 Å². The summed E-state index contributed by atoms with van der Waals surface area (Å²) in [5, 5.41) is 4.81. The smallest absolute Gasteiger partial charge is 0.317 e. The van der Waals surface area contributed by atoms with Crippen molar-refractivity contribution in [2.24, 2.45) is 0 Å². The predicted octanol–water partition coefficient (Wildman–Crippen LogP) is 4.91. The van der Waals surface area contributed by atoms with Crippen molar-refractivity contribution in [3.63, 3.8) is 0 Å². The first-order valence-corrected chi connectivity index (χ1v) is 7.97. The fraction of sp³-hybridized carbons (Fsp3) is 0.267. The number of halogens is 2. The highest BCUT2D eigenvalue weighted by molar-refractivity contribution is 7.10. The number of thiophene rings is 1. The molecular weight excluding hydrogens is 311 g/mol. The molecule has 6 heteroatoms. The van der Waals surface area contributed by atoms with Gasteiger partial charge in [-0.3, -0.25) is 0 Å². The third kappa shape index (κ3) is 3.04. The van der Waals surface area contributed by atoms with Crippen LogP contribution in [-0.4, -0.2) is 17.5 Å². The molecule has 21 heavy (non-hydrogen) atoms. The maximum absolute atomic E-state index is 13.1. The number of carbonyl (C=O) groups excluding carboxylic acids is 1. The maximum Gasteiger partial charge on any atom is 0.322 e. The summed E-state index contributed by atoms with van der Waals surface area (Å²) >= 11 is 7.39. The number of rotatable bonds is 2. The first-order valence-electron chi connectivity index (χ1n) is 6.71. The summed E-state index contributed by atoms with van der Waals surface area (Å²) in [5.74, 6) is -0.493. The van der Waals surface area contributed by atoms with E-state index in [2.05, 4.69) is 11.4 Å². The normalized spacial score (nSPS) is 18.0. The van der Waals surface area contributed by atoms with Crippen LogP contribution >= 0.6 is 22.9 Å². The topological polar surface area (TPSA) is 32.3 Å². The van der Waals surface area contributed by atoms with E-state index in [9.17, 15) is 9.18 Å². The molecule has 0 radical (unpaired) electrons. The van der Waals surface area contributed by atoms with Gasteiger partial charge in [0.1, 0.15) is 5.82 Å². The molecule has 0 unspecified atom stereocenters. The zero-order valence-corrected chi connectivity index (χ0v) is 12.8. The van der Waals surface area contributed by atoms with Crippen LogP contribution in [0, 0.1) is 5.82 Å². The molecule has 110 valence electrons. The number of carbonyl (C=O) groups is 1.